The predicted molar refractivity (Wildman–Crippen MR) is 77.4 cm³/mol. The van der Waals surface area contributed by atoms with Crippen LogP contribution in [0.15, 0.2) is 41.0 Å². The fraction of sp³-hybridized carbons (Fsp3) is 0.143. The van der Waals surface area contributed by atoms with Crippen molar-refractivity contribution in [2.24, 2.45) is 0 Å². The predicted octanol–water partition coefficient (Wildman–Crippen LogP) is 3.48. The second kappa shape index (κ2) is 4.66. The van der Waals surface area contributed by atoms with Gasteiger partial charge in [-0.2, -0.15) is 5.10 Å². The number of nitrogens with zero attached hydrogens (tertiary/aromatic N) is 3. The Bertz CT molecular complexity index is 752. The van der Waals surface area contributed by atoms with Crippen molar-refractivity contribution in [2.75, 3.05) is 7.11 Å². The molecule has 2 heterocycles. The van der Waals surface area contributed by atoms with Crippen LogP contribution in [0.5, 0.6) is 5.75 Å². The van der Waals surface area contributed by atoms with E-state index in [-0.39, 0.29) is 0 Å². The van der Waals surface area contributed by atoms with Crippen molar-refractivity contribution in [3.8, 4) is 17.0 Å². The zero-order chi connectivity index (χ0) is 13.4. The van der Waals surface area contributed by atoms with Gasteiger partial charge in [-0.15, -0.1) is 0 Å². The molecule has 1 aromatic carbocycles. The van der Waals surface area contributed by atoms with Crippen LogP contribution in [0, 0.1) is 6.92 Å². The number of benzene rings is 1. The Labute approximate surface area is 119 Å². The second-order valence-electron chi connectivity index (χ2n) is 4.25. The average Bonchev–Trinajstić information content (AvgIpc) is 2.77. The minimum absolute atomic E-state index is 0.809. The van der Waals surface area contributed by atoms with Crippen molar-refractivity contribution in [1.29, 1.82) is 0 Å². The quantitative estimate of drug-likeness (QED) is 0.726. The van der Waals surface area contributed by atoms with E-state index < -0.39 is 0 Å². The molecule has 0 aliphatic rings. The minimum Gasteiger partial charge on any atom is -0.496 e. The molecule has 5 heteroatoms. The lowest BCUT2D eigenvalue weighted by Gasteiger charge is -2.06. The average molecular weight is 318 g/mol. The van der Waals surface area contributed by atoms with Gasteiger partial charge in [0.1, 0.15) is 5.75 Å². The first-order valence-corrected chi connectivity index (χ1v) is 6.63. The van der Waals surface area contributed by atoms with Gasteiger partial charge in [-0.3, -0.25) is 0 Å². The van der Waals surface area contributed by atoms with Crippen LogP contribution in [0.25, 0.3) is 16.9 Å². The fourth-order valence-corrected chi connectivity index (χ4v) is 2.52. The molecule has 0 spiro atoms. The molecular formula is C14H12BrN3O. The number of aromatic nitrogens is 3. The van der Waals surface area contributed by atoms with Gasteiger partial charge in [-0.1, -0.05) is 0 Å². The minimum atomic E-state index is 0.809. The number of ether oxygens (including phenoxy) is 1. The lowest BCUT2D eigenvalue weighted by molar-refractivity contribution is 0.412. The summed E-state index contributed by atoms with van der Waals surface area (Å²) < 4.78 is 7.93. The fourth-order valence-electron chi connectivity index (χ4n) is 1.98. The summed E-state index contributed by atoms with van der Waals surface area (Å²) in [5.74, 6) is 0.809. The van der Waals surface area contributed by atoms with Crippen molar-refractivity contribution in [1.82, 2.24) is 14.6 Å². The Morgan fingerprint density at radius 3 is 2.79 bits per heavy atom. The van der Waals surface area contributed by atoms with Crippen LogP contribution in [-0.4, -0.2) is 21.7 Å². The van der Waals surface area contributed by atoms with Crippen molar-refractivity contribution in [2.45, 2.75) is 6.92 Å². The summed E-state index contributed by atoms with van der Waals surface area (Å²) in [4.78, 5) is 4.36. The first-order chi connectivity index (χ1) is 9.17. The summed E-state index contributed by atoms with van der Waals surface area (Å²) in [5.41, 5.74) is 3.74. The number of imidazole rings is 1. The van der Waals surface area contributed by atoms with Gasteiger partial charge >= 0.3 is 0 Å². The van der Waals surface area contributed by atoms with E-state index in [1.54, 1.807) is 11.6 Å². The third kappa shape index (κ3) is 2.21. The van der Waals surface area contributed by atoms with E-state index in [9.17, 15) is 0 Å². The lowest BCUT2D eigenvalue weighted by atomic mass is 10.1. The lowest BCUT2D eigenvalue weighted by Crippen LogP contribution is -1.93. The van der Waals surface area contributed by atoms with E-state index in [1.165, 1.54) is 0 Å². The van der Waals surface area contributed by atoms with Crippen LogP contribution in [-0.2, 0) is 0 Å². The molecule has 3 aromatic rings. The van der Waals surface area contributed by atoms with Crippen molar-refractivity contribution < 1.29 is 4.74 Å². The molecule has 0 aliphatic carbocycles. The first kappa shape index (κ1) is 12.2. The van der Waals surface area contributed by atoms with Crippen LogP contribution in [0.3, 0.4) is 0 Å². The Morgan fingerprint density at radius 2 is 2.05 bits per heavy atom. The number of hydrogen-bond acceptors (Lipinski definition) is 3. The molecular weight excluding hydrogens is 306 g/mol. The maximum atomic E-state index is 5.23. The molecule has 96 valence electrons. The summed E-state index contributed by atoms with van der Waals surface area (Å²) in [6.45, 7) is 1.96. The topological polar surface area (TPSA) is 39.4 Å². The number of rotatable bonds is 2. The van der Waals surface area contributed by atoms with Gasteiger partial charge in [-0.25, -0.2) is 9.50 Å². The van der Waals surface area contributed by atoms with E-state index >= 15 is 0 Å². The van der Waals surface area contributed by atoms with Gasteiger partial charge in [0.15, 0.2) is 5.65 Å². The summed E-state index contributed by atoms with van der Waals surface area (Å²) in [7, 11) is 1.65. The highest BCUT2D eigenvalue weighted by molar-refractivity contribution is 9.10. The zero-order valence-electron chi connectivity index (χ0n) is 10.6. The maximum Gasteiger partial charge on any atom is 0.153 e. The largest absolute Gasteiger partial charge is 0.496 e. The molecule has 0 unspecified atom stereocenters. The number of aryl methyl sites for hydroxylation is 1. The summed E-state index contributed by atoms with van der Waals surface area (Å²) >= 11 is 3.49. The smallest absolute Gasteiger partial charge is 0.153 e. The SMILES string of the molecule is COc1ccc(-c2ccc3nc(C)cn3n2)cc1Br. The molecule has 3 rings (SSSR count). The molecule has 0 saturated carbocycles. The molecule has 0 amide bonds. The van der Waals surface area contributed by atoms with Crippen molar-refractivity contribution >= 4 is 21.6 Å². The Hall–Kier alpha value is -1.88. The molecule has 0 N–H and O–H groups in total. The number of methoxy groups -OCH3 is 1. The summed E-state index contributed by atoms with van der Waals surface area (Å²) in [6, 6.07) is 9.84. The monoisotopic (exact) mass is 317 g/mol. The molecule has 0 atom stereocenters. The second-order valence-corrected chi connectivity index (χ2v) is 5.11. The van der Waals surface area contributed by atoms with Crippen LogP contribution < -0.4 is 4.74 Å². The van der Waals surface area contributed by atoms with Gasteiger partial charge < -0.3 is 4.74 Å². The van der Waals surface area contributed by atoms with E-state index in [0.29, 0.717) is 0 Å². The highest BCUT2D eigenvalue weighted by Gasteiger charge is 2.06. The normalized spacial score (nSPS) is 10.9. The van der Waals surface area contributed by atoms with Gasteiger partial charge in [0.25, 0.3) is 0 Å². The Kier molecular flexibility index (Phi) is 2.98. The van der Waals surface area contributed by atoms with Crippen LogP contribution in [0.4, 0.5) is 0 Å². The zero-order valence-corrected chi connectivity index (χ0v) is 12.2. The molecule has 19 heavy (non-hydrogen) atoms. The standard InChI is InChI=1S/C14H12BrN3O/c1-9-8-18-14(16-9)6-4-12(17-18)10-3-5-13(19-2)11(15)7-10/h3-8H,1-2H3. The van der Waals surface area contributed by atoms with Crippen molar-refractivity contribution in [3.63, 3.8) is 0 Å². The third-order valence-corrected chi connectivity index (χ3v) is 3.51. The van der Waals surface area contributed by atoms with Gasteiger partial charge in [0, 0.05) is 5.56 Å². The van der Waals surface area contributed by atoms with Gasteiger partial charge in [-0.05, 0) is 53.2 Å². The molecule has 0 radical (unpaired) electrons. The molecule has 0 aliphatic heterocycles. The van der Waals surface area contributed by atoms with E-state index in [0.717, 1.165) is 32.8 Å². The molecule has 0 fully saturated rings. The number of halogens is 1. The Morgan fingerprint density at radius 1 is 1.21 bits per heavy atom. The third-order valence-electron chi connectivity index (χ3n) is 2.89. The highest BCUT2D eigenvalue weighted by Crippen LogP contribution is 2.29. The van der Waals surface area contributed by atoms with E-state index in [4.69, 9.17) is 4.74 Å². The molecule has 2 aromatic heterocycles. The maximum absolute atomic E-state index is 5.23. The van der Waals surface area contributed by atoms with E-state index in [1.807, 2.05) is 43.5 Å². The van der Waals surface area contributed by atoms with Crippen molar-refractivity contribution in [3.05, 3.63) is 46.7 Å². The molecule has 0 bridgehead atoms. The Balaban J connectivity index is 2.10. The number of fused-ring (bicyclic) bond motifs is 1. The first-order valence-electron chi connectivity index (χ1n) is 5.84. The van der Waals surface area contributed by atoms with E-state index in [2.05, 4.69) is 26.0 Å². The van der Waals surface area contributed by atoms with Crippen LogP contribution in [0.2, 0.25) is 0 Å². The summed E-state index contributed by atoms with van der Waals surface area (Å²) in [5, 5.41) is 4.56. The van der Waals surface area contributed by atoms with Crippen LogP contribution in [0.1, 0.15) is 5.69 Å². The van der Waals surface area contributed by atoms with Gasteiger partial charge in [0.05, 0.1) is 29.2 Å². The highest BCUT2D eigenvalue weighted by atomic mass is 79.9. The number of hydrogen-bond donors (Lipinski definition) is 0. The van der Waals surface area contributed by atoms with Crippen LogP contribution >= 0.6 is 15.9 Å². The van der Waals surface area contributed by atoms with Gasteiger partial charge in [0.2, 0.25) is 0 Å². The molecule has 4 nitrogen and oxygen atoms in total. The summed E-state index contributed by atoms with van der Waals surface area (Å²) in [6.07, 6.45) is 1.91. The molecule has 0 saturated heterocycles.